The zero-order valence-corrected chi connectivity index (χ0v) is 22.0. The third kappa shape index (κ3) is 5.78. The molecule has 38 heavy (non-hydrogen) atoms. The maximum absolute atomic E-state index is 15.0. The number of likely N-dealkylation sites (tertiary alicyclic amines) is 1. The van der Waals surface area contributed by atoms with E-state index in [0.717, 1.165) is 24.2 Å². The lowest BCUT2D eigenvalue weighted by Gasteiger charge is -2.28. The van der Waals surface area contributed by atoms with E-state index in [-0.39, 0.29) is 23.4 Å². The second-order valence-electron chi connectivity index (χ2n) is 9.34. The molecule has 0 saturated carbocycles. The lowest BCUT2D eigenvalue weighted by molar-refractivity contribution is -0.140. The number of benzene rings is 3. The molecule has 1 saturated heterocycles. The standard InChI is InChI=1S/C31H33FN2O4/c1-4-33(5-2)17-18-34-28(25-11-6-7-12-26(25)32)27(30(36)31(34)37)29(35)23-13-15-24(16-14-23)38-20-22-10-8-9-21(3)19-22/h6-16,19,28,35H,4-5,17-18,20H2,1-3H3/b29-27+/t28-/m0/s1. The third-order valence-corrected chi connectivity index (χ3v) is 6.91. The molecular formula is C31H33FN2O4. The van der Waals surface area contributed by atoms with Crippen molar-refractivity contribution in [2.75, 3.05) is 26.2 Å². The van der Waals surface area contributed by atoms with E-state index in [2.05, 4.69) is 4.90 Å². The number of carbonyl (C=O) groups is 2. The molecule has 3 aromatic carbocycles. The van der Waals surface area contributed by atoms with E-state index in [1.54, 1.807) is 42.5 Å². The molecule has 0 aromatic heterocycles. The number of hydrogen-bond acceptors (Lipinski definition) is 5. The SMILES string of the molecule is CCN(CC)CCN1C(=O)C(=O)/C(=C(/O)c2ccc(OCc3cccc(C)c3)cc2)[C@@H]1c1ccccc1F. The number of nitrogens with zero attached hydrogens (tertiary/aromatic N) is 2. The normalized spacial score (nSPS) is 16.9. The second-order valence-corrected chi connectivity index (χ2v) is 9.34. The molecule has 7 heteroatoms. The summed E-state index contributed by atoms with van der Waals surface area (Å²) in [6.07, 6.45) is 0. The average Bonchev–Trinajstić information content (AvgIpc) is 3.17. The number of halogens is 1. The van der Waals surface area contributed by atoms with Gasteiger partial charge in [0, 0.05) is 24.2 Å². The summed E-state index contributed by atoms with van der Waals surface area (Å²) in [6, 6.07) is 19.7. The van der Waals surface area contributed by atoms with Crippen molar-refractivity contribution in [3.8, 4) is 5.75 Å². The van der Waals surface area contributed by atoms with Crippen LogP contribution in [-0.2, 0) is 16.2 Å². The number of rotatable bonds is 10. The van der Waals surface area contributed by atoms with Crippen LogP contribution in [0, 0.1) is 12.7 Å². The predicted molar refractivity (Wildman–Crippen MR) is 145 cm³/mol. The van der Waals surface area contributed by atoms with Crippen LogP contribution in [0.3, 0.4) is 0 Å². The summed E-state index contributed by atoms with van der Waals surface area (Å²) in [7, 11) is 0. The van der Waals surface area contributed by atoms with Crippen molar-refractivity contribution in [2.24, 2.45) is 0 Å². The molecule has 1 aliphatic heterocycles. The summed E-state index contributed by atoms with van der Waals surface area (Å²) < 4.78 is 20.8. The van der Waals surface area contributed by atoms with Gasteiger partial charge in [0.25, 0.3) is 11.7 Å². The van der Waals surface area contributed by atoms with E-state index in [9.17, 15) is 19.1 Å². The van der Waals surface area contributed by atoms with Crippen molar-refractivity contribution in [1.82, 2.24) is 9.80 Å². The summed E-state index contributed by atoms with van der Waals surface area (Å²) in [4.78, 5) is 29.8. The fraction of sp³-hybridized carbons (Fsp3) is 0.290. The molecule has 1 fully saturated rings. The van der Waals surface area contributed by atoms with Gasteiger partial charge in [0.1, 0.15) is 23.9 Å². The largest absolute Gasteiger partial charge is 0.507 e. The van der Waals surface area contributed by atoms with E-state index in [4.69, 9.17) is 4.74 Å². The minimum atomic E-state index is -1.02. The van der Waals surface area contributed by atoms with Crippen LogP contribution in [-0.4, -0.2) is 52.8 Å². The van der Waals surface area contributed by atoms with Crippen LogP contribution in [0.5, 0.6) is 5.75 Å². The Balaban J connectivity index is 1.65. The summed E-state index contributed by atoms with van der Waals surface area (Å²) in [6.45, 7) is 8.75. The van der Waals surface area contributed by atoms with Gasteiger partial charge >= 0.3 is 0 Å². The maximum Gasteiger partial charge on any atom is 0.295 e. The first-order valence-corrected chi connectivity index (χ1v) is 12.9. The molecule has 1 heterocycles. The van der Waals surface area contributed by atoms with Gasteiger partial charge in [-0.25, -0.2) is 4.39 Å². The lowest BCUT2D eigenvalue weighted by atomic mass is 9.95. The number of ketones is 1. The molecular weight excluding hydrogens is 483 g/mol. The molecule has 0 spiro atoms. The second kappa shape index (κ2) is 12.0. The maximum atomic E-state index is 15.0. The zero-order valence-electron chi connectivity index (χ0n) is 22.0. The molecule has 0 bridgehead atoms. The van der Waals surface area contributed by atoms with Gasteiger partial charge in [0.05, 0.1) is 11.6 Å². The molecule has 3 aromatic rings. The van der Waals surface area contributed by atoms with Crippen LogP contribution in [0.25, 0.3) is 5.76 Å². The molecule has 0 radical (unpaired) electrons. The molecule has 1 N–H and O–H groups in total. The van der Waals surface area contributed by atoms with Crippen LogP contribution in [0.2, 0.25) is 0 Å². The Morgan fingerprint density at radius 1 is 1.00 bits per heavy atom. The number of carbonyl (C=O) groups excluding carboxylic acids is 2. The number of Topliss-reactive ketones (excluding diaryl/α,β-unsaturated/α-hetero) is 1. The van der Waals surface area contributed by atoms with E-state index in [1.165, 1.54) is 11.0 Å². The monoisotopic (exact) mass is 516 g/mol. The fourth-order valence-electron chi connectivity index (χ4n) is 4.75. The van der Waals surface area contributed by atoms with Gasteiger partial charge < -0.3 is 19.6 Å². The van der Waals surface area contributed by atoms with Crippen LogP contribution >= 0.6 is 0 Å². The van der Waals surface area contributed by atoms with Crippen molar-refractivity contribution < 1.29 is 23.8 Å². The molecule has 4 rings (SSSR count). The van der Waals surface area contributed by atoms with Crippen LogP contribution in [0.15, 0.2) is 78.4 Å². The molecule has 198 valence electrons. The molecule has 1 aliphatic rings. The Morgan fingerprint density at radius 2 is 1.71 bits per heavy atom. The first kappa shape index (κ1) is 27.1. The first-order chi connectivity index (χ1) is 18.3. The van der Waals surface area contributed by atoms with Crippen molar-refractivity contribution in [3.05, 3.63) is 106 Å². The number of amides is 1. The first-order valence-electron chi connectivity index (χ1n) is 12.9. The Kier molecular flexibility index (Phi) is 8.59. The summed E-state index contributed by atoms with van der Waals surface area (Å²) in [5.41, 5.74) is 2.57. The van der Waals surface area contributed by atoms with Crippen molar-refractivity contribution in [2.45, 2.75) is 33.4 Å². The van der Waals surface area contributed by atoms with Gasteiger partial charge in [0.2, 0.25) is 0 Å². The number of aryl methyl sites for hydroxylation is 1. The van der Waals surface area contributed by atoms with Crippen molar-refractivity contribution >= 4 is 17.4 Å². The van der Waals surface area contributed by atoms with E-state index in [1.807, 2.05) is 45.0 Å². The molecule has 1 amide bonds. The van der Waals surface area contributed by atoms with Crippen LogP contribution in [0.1, 0.15) is 42.1 Å². The molecule has 6 nitrogen and oxygen atoms in total. The average molecular weight is 517 g/mol. The van der Waals surface area contributed by atoms with Crippen molar-refractivity contribution in [3.63, 3.8) is 0 Å². The number of aliphatic hydroxyl groups is 1. The van der Waals surface area contributed by atoms with Crippen LogP contribution < -0.4 is 4.74 Å². The summed E-state index contributed by atoms with van der Waals surface area (Å²) >= 11 is 0. The van der Waals surface area contributed by atoms with Crippen LogP contribution in [0.4, 0.5) is 4.39 Å². The molecule has 0 aliphatic carbocycles. The third-order valence-electron chi connectivity index (χ3n) is 6.91. The number of aliphatic hydroxyl groups excluding tert-OH is 1. The molecule has 0 unspecified atom stereocenters. The summed E-state index contributed by atoms with van der Waals surface area (Å²) in [5, 5.41) is 11.3. The minimum Gasteiger partial charge on any atom is -0.507 e. The quantitative estimate of drug-likeness (QED) is 0.220. The Bertz CT molecular complexity index is 1330. The number of ether oxygens (including phenoxy) is 1. The smallest absolute Gasteiger partial charge is 0.295 e. The highest BCUT2D eigenvalue weighted by Gasteiger charge is 2.46. The topological polar surface area (TPSA) is 70.1 Å². The van der Waals surface area contributed by atoms with Gasteiger partial charge in [-0.15, -0.1) is 0 Å². The van der Waals surface area contributed by atoms with Crippen molar-refractivity contribution in [1.29, 1.82) is 0 Å². The van der Waals surface area contributed by atoms with Gasteiger partial charge in [-0.05, 0) is 55.9 Å². The van der Waals surface area contributed by atoms with E-state index in [0.29, 0.717) is 24.5 Å². The van der Waals surface area contributed by atoms with Gasteiger partial charge in [-0.2, -0.15) is 0 Å². The number of hydrogen-bond donors (Lipinski definition) is 1. The fourth-order valence-corrected chi connectivity index (χ4v) is 4.75. The van der Waals surface area contributed by atoms with Gasteiger partial charge in [0.15, 0.2) is 0 Å². The van der Waals surface area contributed by atoms with E-state index < -0.39 is 23.5 Å². The predicted octanol–water partition coefficient (Wildman–Crippen LogP) is 5.48. The van der Waals surface area contributed by atoms with Gasteiger partial charge in [-0.1, -0.05) is 61.9 Å². The van der Waals surface area contributed by atoms with E-state index >= 15 is 0 Å². The Hall–Kier alpha value is -3.97. The number of likely N-dealkylation sites (N-methyl/N-ethyl adjacent to an activating group) is 1. The minimum absolute atomic E-state index is 0.118. The highest BCUT2D eigenvalue weighted by Crippen LogP contribution is 2.40. The lowest BCUT2D eigenvalue weighted by Crippen LogP contribution is -2.38. The zero-order chi connectivity index (χ0) is 27.2. The Morgan fingerprint density at radius 3 is 2.37 bits per heavy atom. The Labute approximate surface area is 223 Å². The highest BCUT2D eigenvalue weighted by molar-refractivity contribution is 6.46. The highest BCUT2D eigenvalue weighted by atomic mass is 19.1. The van der Waals surface area contributed by atoms with Gasteiger partial charge in [-0.3, -0.25) is 9.59 Å². The summed E-state index contributed by atoms with van der Waals surface area (Å²) in [5.74, 6) is -1.86. The molecule has 1 atom stereocenters.